The molecule has 1 rings (SSSR count). The van der Waals surface area contributed by atoms with Crippen LogP contribution in [0.5, 0.6) is 0 Å². The van der Waals surface area contributed by atoms with Gasteiger partial charge in [0.05, 0.1) is 11.3 Å². The largest absolute Gasteiger partial charge is 0.351 e. The van der Waals surface area contributed by atoms with Crippen LogP contribution in [0.15, 0.2) is 6.20 Å². The molecule has 5 nitrogen and oxygen atoms in total. The van der Waals surface area contributed by atoms with Crippen LogP contribution in [0.1, 0.15) is 29.9 Å². The maximum absolute atomic E-state index is 11.8. The van der Waals surface area contributed by atoms with Crippen molar-refractivity contribution in [2.75, 3.05) is 13.1 Å². The third-order valence-electron chi connectivity index (χ3n) is 2.54. The van der Waals surface area contributed by atoms with Crippen molar-refractivity contribution < 1.29 is 4.79 Å². The summed E-state index contributed by atoms with van der Waals surface area (Å²) in [6, 6.07) is 0. The molecule has 0 unspecified atom stereocenters. The number of amides is 1. The van der Waals surface area contributed by atoms with Crippen LogP contribution in [-0.4, -0.2) is 28.8 Å². The second-order valence-electron chi connectivity index (χ2n) is 4.85. The molecular formula is C11H20N4O. The zero-order valence-corrected chi connectivity index (χ0v) is 10.4. The number of hydrogen-bond donors (Lipinski definition) is 2. The molecule has 0 radical (unpaired) electrons. The van der Waals surface area contributed by atoms with E-state index >= 15 is 0 Å². The number of nitrogens with zero attached hydrogens (tertiary/aromatic N) is 2. The van der Waals surface area contributed by atoms with E-state index in [-0.39, 0.29) is 11.3 Å². The van der Waals surface area contributed by atoms with E-state index < -0.39 is 0 Å². The van der Waals surface area contributed by atoms with Gasteiger partial charge in [0, 0.05) is 19.8 Å². The Labute approximate surface area is 96.0 Å². The SMILES string of the molecule is Cc1nn(C)cc1C(=O)NCC(C)(C)CN. The van der Waals surface area contributed by atoms with Crippen molar-refractivity contribution in [3.63, 3.8) is 0 Å². The predicted octanol–water partition coefficient (Wildman–Crippen LogP) is 0.443. The second kappa shape index (κ2) is 4.65. The summed E-state index contributed by atoms with van der Waals surface area (Å²) in [6.45, 7) is 6.96. The molecule has 1 aromatic heterocycles. The number of rotatable bonds is 4. The summed E-state index contributed by atoms with van der Waals surface area (Å²) in [5.74, 6) is -0.0906. The van der Waals surface area contributed by atoms with Crippen molar-refractivity contribution in [3.05, 3.63) is 17.5 Å². The number of nitrogens with two attached hydrogens (primary N) is 1. The van der Waals surface area contributed by atoms with Gasteiger partial charge < -0.3 is 11.1 Å². The lowest BCUT2D eigenvalue weighted by Gasteiger charge is -2.22. The Bertz CT molecular complexity index is 381. The summed E-state index contributed by atoms with van der Waals surface area (Å²) >= 11 is 0. The Hall–Kier alpha value is -1.36. The molecule has 1 heterocycles. The lowest BCUT2D eigenvalue weighted by Crippen LogP contribution is -2.38. The lowest BCUT2D eigenvalue weighted by atomic mass is 9.94. The summed E-state index contributed by atoms with van der Waals surface area (Å²) in [6.07, 6.45) is 1.72. The molecule has 90 valence electrons. The molecule has 1 aromatic rings. The van der Waals surface area contributed by atoms with Gasteiger partial charge >= 0.3 is 0 Å². The Kier molecular flexibility index (Phi) is 3.70. The van der Waals surface area contributed by atoms with E-state index in [0.717, 1.165) is 5.69 Å². The van der Waals surface area contributed by atoms with E-state index in [1.165, 1.54) is 0 Å². The molecule has 5 heteroatoms. The summed E-state index contributed by atoms with van der Waals surface area (Å²) in [5, 5.41) is 7.00. The van der Waals surface area contributed by atoms with Gasteiger partial charge in [-0.1, -0.05) is 13.8 Å². The monoisotopic (exact) mass is 224 g/mol. The fourth-order valence-corrected chi connectivity index (χ4v) is 1.31. The summed E-state index contributed by atoms with van der Waals surface area (Å²) in [7, 11) is 1.80. The second-order valence-corrected chi connectivity index (χ2v) is 4.85. The molecule has 0 fully saturated rings. The van der Waals surface area contributed by atoms with Crippen molar-refractivity contribution in [1.29, 1.82) is 0 Å². The number of carbonyl (C=O) groups excluding carboxylic acids is 1. The van der Waals surface area contributed by atoms with E-state index in [2.05, 4.69) is 10.4 Å². The summed E-state index contributed by atoms with van der Waals surface area (Å²) < 4.78 is 1.64. The van der Waals surface area contributed by atoms with Gasteiger partial charge in [0.1, 0.15) is 0 Å². The first-order chi connectivity index (χ1) is 7.35. The maximum atomic E-state index is 11.8. The van der Waals surface area contributed by atoms with Gasteiger partial charge in [0.2, 0.25) is 0 Å². The minimum atomic E-state index is -0.0906. The van der Waals surface area contributed by atoms with Crippen molar-refractivity contribution in [2.24, 2.45) is 18.2 Å². The normalized spacial score (nSPS) is 11.6. The van der Waals surface area contributed by atoms with Gasteiger partial charge in [-0.05, 0) is 18.9 Å². The van der Waals surface area contributed by atoms with Crippen molar-refractivity contribution in [2.45, 2.75) is 20.8 Å². The molecule has 0 saturated carbocycles. The van der Waals surface area contributed by atoms with E-state index in [9.17, 15) is 4.79 Å². The van der Waals surface area contributed by atoms with Crippen LogP contribution in [0.2, 0.25) is 0 Å². The van der Waals surface area contributed by atoms with Gasteiger partial charge in [-0.15, -0.1) is 0 Å². The van der Waals surface area contributed by atoms with Crippen LogP contribution in [0.25, 0.3) is 0 Å². The predicted molar refractivity (Wildman–Crippen MR) is 63.1 cm³/mol. The summed E-state index contributed by atoms with van der Waals surface area (Å²) in [5.41, 5.74) is 6.88. The van der Waals surface area contributed by atoms with Gasteiger partial charge in [-0.2, -0.15) is 5.10 Å². The standard InChI is InChI=1S/C11H20N4O/c1-8-9(5-15(4)14-8)10(16)13-7-11(2,3)6-12/h5H,6-7,12H2,1-4H3,(H,13,16). The van der Waals surface area contributed by atoms with Crippen LogP contribution in [0, 0.1) is 12.3 Å². The van der Waals surface area contributed by atoms with Crippen LogP contribution in [0.3, 0.4) is 0 Å². The van der Waals surface area contributed by atoms with E-state index in [0.29, 0.717) is 18.7 Å². The molecule has 16 heavy (non-hydrogen) atoms. The molecule has 0 aromatic carbocycles. The zero-order chi connectivity index (χ0) is 12.3. The highest BCUT2D eigenvalue weighted by molar-refractivity contribution is 5.95. The van der Waals surface area contributed by atoms with Crippen LogP contribution >= 0.6 is 0 Å². The summed E-state index contributed by atoms with van der Waals surface area (Å²) in [4.78, 5) is 11.8. The quantitative estimate of drug-likeness (QED) is 0.779. The van der Waals surface area contributed by atoms with Crippen LogP contribution in [0.4, 0.5) is 0 Å². The molecule has 0 spiro atoms. The molecule has 0 atom stereocenters. The number of aryl methyl sites for hydroxylation is 2. The molecule has 0 aliphatic heterocycles. The Morgan fingerprint density at radius 2 is 2.25 bits per heavy atom. The topological polar surface area (TPSA) is 72.9 Å². The number of aromatic nitrogens is 2. The van der Waals surface area contributed by atoms with Gasteiger partial charge in [0.25, 0.3) is 5.91 Å². The number of nitrogens with one attached hydrogen (secondary N) is 1. The molecule has 1 amide bonds. The van der Waals surface area contributed by atoms with E-state index in [4.69, 9.17) is 5.73 Å². The average molecular weight is 224 g/mol. The Balaban J connectivity index is 2.63. The highest BCUT2D eigenvalue weighted by Crippen LogP contribution is 2.11. The third kappa shape index (κ3) is 3.06. The molecular weight excluding hydrogens is 204 g/mol. The molecule has 3 N–H and O–H groups in total. The third-order valence-corrected chi connectivity index (χ3v) is 2.54. The smallest absolute Gasteiger partial charge is 0.254 e. The minimum Gasteiger partial charge on any atom is -0.351 e. The highest BCUT2D eigenvalue weighted by atomic mass is 16.1. The highest BCUT2D eigenvalue weighted by Gasteiger charge is 2.18. The van der Waals surface area contributed by atoms with Crippen molar-refractivity contribution in [1.82, 2.24) is 15.1 Å². The van der Waals surface area contributed by atoms with Gasteiger partial charge in [-0.25, -0.2) is 0 Å². The zero-order valence-electron chi connectivity index (χ0n) is 10.4. The Morgan fingerprint density at radius 1 is 1.62 bits per heavy atom. The van der Waals surface area contributed by atoms with Gasteiger partial charge in [0.15, 0.2) is 0 Å². The van der Waals surface area contributed by atoms with E-state index in [1.54, 1.807) is 17.9 Å². The van der Waals surface area contributed by atoms with Crippen LogP contribution in [-0.2, 0) is 7.05 Å². The molecule has 0 saturated heterocycles. The average Bonchev–Trinajstić information content (AvgIpc) is 2.54. The van der Waals surface area contributed by atoms with Gasteiger partial charge in [-0.3, -0.25) is 9.48 Å². The lowest BCUT2D eigenvalue weighted by molar-refractivity contribution is 0.0937. The Morgan fingerprint density at radius 3 is 2.69 bits per heavy atom. The van der Waals surface area contributed by atoms with E-state index in [1.807, 2.05) is 20.8 Å². The molecule has 0 aliphatic rings. The minimum absolute atomic E-state index is 0.0776. The van der Waals surface area contributed by atoms with Crippen LogP contribution < -0.4 is 11.1 Å². The van der Waals surface area contributed by atoms with Crippen molar-refractivity contribution in [3.8, 4) is 0 Å². The first kappa shape index (κ1) is 12.7. The first-order valence-corrected chi connectivity index (χ1v) is 5.34. The molecule has 0 aliphatic carbocycles. The fourth-order valence-electron chi connectivity index (χ4n) is 1.31. The molecule has 0 bridgehead atoms. The maximum Gasteiger partial charge on any atom is 0.254 e. The first-order valence-electron chi connectivity index (χ1n) is 5.34. The fraction of sp³-hybridized carbons (Fsp3) is 0.636. The number of hydrogen-bond acceptors (Lipinski definition) is 3. The van der Waals surface area contributed by atoms with Crippen molar-refractivity contribution >= 4 is 5.91 Å². The number of carbonyl (C=O) groups is 1.